The summed E-state index contributed by atoms with van der Waals surface area (Å²) in [5.74, 6) is 2.87. The van der Waals surface area contributed by atoms with Gasteiger partial charge in [0, 0.05) is 11.8 Å². The van der Waals surface area contributed by atoms with Gasteiger partial charge in [0.1, 0.15) is 0 Å². The van der Waals surface area contributed by atoms with Crippen LogP contribution in [0.3, 0.4) is 0 Å². The molecular weight excluding hydrogens is 208 g/mol. The molecule has 1 saturated carbocycles. The fourth-order valence-electron chi connectivity index (χ4n) is 1.74. The average Bonchev–Trinajstić information content (AvgIpc) is 2.74. The molecule has 2 atom stereocenters. The molecule has 0 aromatic rings. The third-order valence-electron chi connectivity index (χ3n) is 2.86. The molecule has 1 fully saturated rings. The number of rotatable bonds is 3. The molecule has 0 heterocycles. The van der Waals surface area contributed by atoms with E-state index in [9.17, 15) is 9.59 Å². The monoisotopic (exact) mass is 224 g/mol. The number of carbonyl (C=O) groups excluding carboxylic acids is 1. The van der Waals surface area contributed by atoms with Crippen molar-refractivity contribution in [2.24, 2.45) is 17.3 Å². The Labute approximate surface area is 95.0 Å². The molecule has 0 spiro atoms. The molecule has 0 aromatic carbocycles. The van der Waals surface area contributed by atoms with E-state index in [1.165, 1.54) is 0 Å². The van der Waals surface area contributed by atoms with Gasteiger partial charge in [0.05, 0.1) is 12.5 Å². The smallest absolute Gasteiger partial charge is 0.384 e. The van der Waals surface area contributed by atoms with Crippen LogP contribution in [0, 0.1) is 29.1 Å². The predicted octanol–water partition coefficient (Wildman–Crippen LogP) is 1.30. The zero-order chi connectivity index (χ0) is 12.3. The molecule has 0 aromatic heterocycles. The normalized spacial score (nSPS) is 25.2. The van der Waals surface area contributed by atoms with Crippen molar-refractivity contribution >= 4 is 11.9 Å². The van der Waals surface area contributed by atoms with E-state index in [4.69, 9.17) is 9.84 Å². The Balaban J connectivity index is 2.54. The second kappa shape index (κ2) is 4.56. The molecule has 0 bridgehead atoms. The first-order valence-electron chi connectivity index (χ1n) is 5.32. The Morgan fingerprint density at radius 2 is 2.06 bits per heavy atom. The van der Waals surface area contributed by atoms with E-state index in [1.807, 2.05) is 20.8 Å². The van der Waals surface area contributed by atoms with Gasteiger partial charge in [-0.3, -0.25) is 4.79 Å². The summed E-state index contributed by atoms with van der Waals surface area (Å²) in [6.07, 6.45) is 0.750. The van der Waals surface area contributed by atoms with Crippen LogP contribution in [0.5, 0.6) is 0 Å². The number of ether oxygens (including phenoxy) is 1. The van der Waals surface area contributed by atoms with Gasteiger partial charge in [-0.1, -0.05) is 26.7 Å². The van der Waals surface area contributed by atoms with Crippen LogP contribution >= 0.6 is 0 Å². The van der Waals surface area contributed by atoms with Gasteiger partial charge in [0.25, 0.3) is 0 Å². The Bertz CT molecular complexity index is 359. The van der Waals surface area contributed by atoms with Crippen LogP contribution < -0.4 is 0 Å². The van der Waals surface area contributed by atoms with Crippen molar-refractivity contribution in [1.82, 2.24) is 0 Å². The molecule has 0 radical (unpaired) electrons. The summed E-state index contributed by atoms with van der Waals surface area (Å²) in [5, 5.41) is 8.88. The van der Waals surface area contributed by atoms with E-state index in [2.05, 4.69) is 11.8 Å². The highest BCUT2D eigenvalue weighted by Gasteiger charge is 2.61. The number of aliphatic carboxylic acids is 1. The zero-order valence-electron chi connectivity index (χ0n) is 9.74. The highest BCUT2D eigenvalue weighted by atomic mass is 16.5. The van der Waals surface area contributed by atoms with E-state index in [-0.39, 0.29) is 11.3 Å². The first-order valence-corrected chi connectivity index (χ1v) is 5.32. The fraction of sp³-hybridized carbons (Fsp3) is 0.667. The number of carboxylic acids is 1. The maximum atomic E-state index is 11.1. The number of hydrogen-bond acceptors (Lipinski definition) is 3. The van der Waals surface area contributed by atoms with Crippen molar-refractivity contribution in [3.63, 3.8) is 0 Å². The molecule has 4 heteroatoms. The zero-order valence-corrected chi connectivity index (χ0v) is 9.74. The SMILES string of the molecule is CCCOC(=O)C#C[C@H]1[C@@H](C(=O)O)C1(C)C. The largest absolute Gasteiger partial charge is 0.481 e. The van der Waals surface area contributed by atoms with Crippen molar-refractivity contribution in [1.29, 1.82) is 0 Å². The molecule has 0 saturated heterocycles. The maximum Gasteiger partial charge on any atom is 0.384 e. The van der Waals surface area contributed by atoms with Gasteiger partial charge < -0.3 is 9.84 Å². The van der Waals surface area contributed by atoms with Crippen molar-refractivity contribution in [2.45, 2.75) is 27.2 Å². The van der Waals surface area contributed by atoms with Gasteiger partial charge in [0.2, 0.25) is 0 Å². The van der Waals surface area contributed by atoms with Crippen LogP contribution in [-0.4, -0.2) is 23.7 Å². The lowest BCUT2D eigenvalue weighted by molar-refractivity contribution is -0.139. The van der Waals surface area contributed by atoms with E-state index in [1.54, 1.807) is 0 Å². The van der Waals surface area contributed by atoms with Crippen LogP contribution in [-0.2, 0) is 14.3 Å². The van der Waals surface area contributed by atoms with Gasteiger partial charge in [-0.2, -0.15) is 0 Å². The molecule has 0 aliphatic heterocycles. The second-order valence-electron chi connectivity index (χ2n) is 4.52. The number of esters is 1. The van der Waals surface area contributed by atoms with Gasteiger partial charge >= 0.3 is 11.9 Å². The van der Waals surface area contributed by atoms with Crippen LogP contribution in [0.25, 0.3) is 0 Å². The lowest BCUT2D eigenvalue weighted by Gasteiger charge is -1.95. The van der Waals surface area contributed by atoms with Gasteiger partial charge in [-0.15, -0.1) is 0 Å². The Morgan fingerprint density at radius 3 is 2.50 bits per heavy atom. The van der Waals surface area contributed by atoms with Crippen molar-refractivity contribution in [3.8, 4) is 11.8 Å². The first kappa shape index (κ1) is 12.6. The fourth-order valence-corrected chi connectivity index (χ4v) is 1.74. The lowest BCUT2D eigenvalue weighted by atomic mass is 10.1. The summed E-state index contributed by atoms with van der Waals surface area (Å²) >= 11 is 0. The predicted molar refractivity (Wildman–Crippen MR) is 57.4 cm³/mol. The molecular formula is C12H16O4. The standard InChI is InChI=1S/C12H16O4/c1-4-7-16-9(13)6-5-8-10(11(14)15)12(8,2)3/h8,10H,4,7H2,1-3H3,(H,14,15)/t8-,10-/m0/s1. The summed E-state index contributed by atoms with van der Waals surface area (Å²) in [5.41, 5.74) is -0.343. The van der Waals surface area contributed by atoms with Crippen molar-refractivity contribution in [2.75, 3.05) is 6.61 Å². The number of carbonyl (C=O) groups is 2. The van der Waals surface area contributed by atoms with E-state index in [0.29, 0.717) is 6.61 Å². The summed E-state index contributed by atoms with van der Waals surface area (Å²) < 4.78 is 4.77. The summed E-state index contributed by atoms with van der Waals surface area (Å²) in [6, 6.07) is 0. The Kier molecular flexibility index (Phi) is 3.58. The van der Waals surface area contributed by atoms with E-state index >= 15 is 0 Å². The third-order valence-corrected chi connectivity index (χ3v) is 2.86. The summed E-state index contributed by atoms with van der Waals surface area (Å²) in [6.45, 7) is 5.92. The molecule has 1 aliphatic carbocycles. The molecule has 16 heavy (non-hydrogen) atoms. The summed E-state index contributed by atoms with van der Waals surface area (Å²) in [7, 11) is 0. The molecule has 4 nitrogen and oxygen atoms in total. The van der Waals surface area contributed by atoms with E-state index in [0.717, 1.165) is 6.42 Å². The highest BCUT2D eigenvalue weighted by molar-refractivity contribution is 5.89. The summed E-state index contributed by atoms with van der Waals surface area (Å²) in [4.78, 5) is 21.9. The maximum absolute atomic E-state index is 11.1. The molecule has 1 aliphatic rings. The van der Waals surface area contributed by atoms with Crippen molar-refractivity contribution < 1.29 is 19.4 Å². The van der Waals surface area contributed by atoms with Crippen molar-refractivity contribution in [3.05, 3.63) is 0 Å². The second-order valence-corrected chi connectivity index (χ2v) is 4.52. The molecule has 0 amide bonds. The molecule has 0 unspecified atom stereocenters. The topological polar surface area (TPSA) is 63.6 Å². The van der Waals surface area contributed by atoms with Crippen LogP contribution in [0.1, 0.15) is 27.2 Å². The number of carboxylic acid groups (broad SMARTS) is 1. The van der Waals surface area contributed by atoms with Crippen LogP contribution in [0.2, 0.25) is 0 Å². The van der Waals surface area contributed by atoms with Gasteiger partial charge in [0.15, 0.2) is 0 Å². The molecule has 1 N–H and O–H groups in total. The first-order chi connectivity index (χ1) is 7.41. The van der Waals surface area contributed by atoms with Crippen LogP contribution in [0.15, 0.2) is 0 Å². The minimum Gasteiger partial charge on any atom is -0.481 e. The Hall–Kier alpha value is -1.50. The third kappa shape index (κ3) is 2.54. The van der Waals surface area contributed by atoms with Gasteiger partial charge in [-0.25, -0.2) is 4.79 Å². The van der Waals surface area contributed by atoms with E-state index < -0.39 is 17.9 Å². The lowest BCUT2D eigenvalue weighted by Crippen LogP contribution is -2.03. The molecule has 1 rings (SSSR count). The minimum atomic E-state index is -0.855. The van der Waals surface area contributed by atoms with Crippen LogP contribution in [0.4, 0.5) is 0 Å². The van der Waals surface area contributed by atoms with Gasteiger partial charge in [-0.05, 0) is 11.8 Å². The molecule has 88 valence electrons. The quantitative estimate of drug-likeness (QED) is 0.446. The Morgan fingerprint density at radius 1 is 1.44 bits per heavy atom. The minimum absolute atomic E-state index is 0.251. The average molecular weight is 224 g/mol. The number of hydrogen-bond donors (Lipinski definition) is 1. The highest BCUT2D eigenvalue weighted by Crippen LogP contribution is 2.57.